The second kappa shape index (κ2) is 5.78. The van der Waals surface area contributed by atoms with E-state index < -0.39 is 9.05 Å². The maximum absolute atomic E-state index is 11.5. The summed E-state index contributed by atoms with van der Waals surface area (Å²) in [4.78, 5) is 2.41. The summed E-state index contributed by atoms with van der Waals surface area (Å²) in [7, 11) is 1.69. The minimum Gasteiger partial charge on any atom is -0.379 e. The van der Waals surface area contributed by atoms with Crippen LogP contribution >= 0.6 is 10.7 Å². The van der Waals surface area contributed by atoms with Crippen molar-refractivity contribution in [2.24, 2.45) is 0 Å². The molecule has 8 heteroatoms. The van der Waals surface area contributed by atoms with Gasteiger partial charge in [0.05, 0.1) is 31.1 Å². The van der Waals surface area contributed by atoms with E-state index in [0.717, 1.165) is 32.8 Å². The van der Waals surface area contributed by atoms with Crippen LogP contribution in [-0.4, -0.2) is 55.9 Å². The summed E-state index contributed by atoms with van der Waals surface area (Å²) in [6, 6.07) is 0. The van der Waals surface area contributed by atoms with Gasteiger partial charge >= 0.3 is 0 Å². The lowest BCUT2D eigenvalue weighted by atomic mass is 10.4. The van der Waals surface area contributed by atoms with Gasteiger partial charge in [-0.1, -0.05) is 0 Å². The molecule has 0 spiro atoms. The fraction of sp³-hybridized carbons (Fsp3) is 0.727. The van der Waals surface area contributed by atoms with Crippen molar-refractivity contribution >= 4 is 19.7 Å². The highest BCUT2D eigenvalue weighted by atomic mass is 35.7. The zero-order valence-corrected chi connectivity index (χ0v) is 12.7. The Bertz CT molecular complexity index is 550. The molecule has 0 aromatic carbocycles. The molecule has 0 N–H and O–H groups in total. The SMILES string of the molecule is Cc1nn(CCN2CCOCC2)c(C)c1S(=O)(=O)Cl. The van der Waals surface area contributed by atoms with E-state index in [4.69, 9.17) is 15.4 Å². The molecule has 0 saturated carbocycles. The van der Waals surface area contributed by atoms with Crippen molar-refractivity contribution in [2.45, 2.75) is 25.3 Å². The smallest absolute Gasteiger partial charge is 0.264 e. The standard InChI is InChI=1S/C11H18ClN3O3S/c1-9-11(19(12,16)17)10(2)15(13-9)4-3-14-5-7-18-8-6-14/h3-8H2,1-2H3. The molecule has 1 aliphatic rings. The Morgan fingerprint density at radius 2 is 1.89 bits per heavy atom. The van der Waals surface area contributed by atoms with Crippen LogP contribution in [0.15, 0.2) is 4.90 Å². The molecule has 1 aromatic heterocycles. The number of hydrogen-bond donors (Lipinski definition) is 0. The zero-order valence-electron chi connectivity index (χ0n) is 11.1. The number of aromatic nitrogens is 2. The number of rotatable bonds is 4. The molecular weight excluding hydrogens is 290 g/mol. The van der Waals surface area contributed by atoms with E-state index in [1.54, 1.807) is 18.5 Å². The summed E-state index contributed by atoms with van der Waals surface area (Å²) in [5.41, 5.74) is 1.05. The second-order valence-electron chi connectivity index (χ2n) is 4.61. The molecule has 1 saturated heterocycles. The number of morpholine rings is 1. The number of nitrogens with zero attached hydrogens (tertiary/aromatic N) is 3. The lowest BCUT2D eigenvalue weighted by molar-refractivity contribution is 0.0359. The maximum Gasteiger partial charge on any atom is 0.264 e. The van der Waals surface area contributed by atoms with E-state index >= 15 is 0 Å². The summed E-state index contributed by atoms with van der Waals surface area (Å²) in [6.45, 7) is 8.17. The fourth-order valence-electron chi connectivity index (χ4n) is 2.31. The van der Waals surface area contributed by atoms with Crippen LogP contribution in [-0.2, 0) is 20.3 Å². The van der Waals surface area contributed by atoms with Crippen LogP contribution in [0.4, 0.5) is 0 Å². The topological polar surface area (TPSA) is 64.4 Å². The van der Waals surface area contributed by atoms with Crippen molar-refractivity contribution < 1.29 is 13.2 Å². The molecule has 0 bridgehead atoms. The lowest BCUT2D eigenvalue weighted by Crippen LogP contribution is -2.38. The first kappa shape index (κ1) is 14.8. The number of halogens is 1. The quantitative estimate of drug-likeness (QED) is 0.769. The molecule has 0 radical (unpaired) electrons. The van der Waals surface area contributed by atoms with Crippen molar-refractivity contribution in [1.29, 1.82) is 0 Å². The van der Waals surface area contributed by atoms with Crippen molar-refractivity contribution in [2.75, 3.05) is 32.8 Å². The molecule has 1 aliphatic heterocycles. The van der Waals surface area contributed by atoms with Gasteiger partial charge in [-0.05, 0) is 13.8 Å². The highest BCUT2D eigenvalue weighted by Crippen LogP contribution is 2.23. The van der Waals surface area contributed by atoms with E-state index in [-0.39, 0.29) is 4.90 Å². The van der Waals surface area contributed by atoms with Gasteiger partial charge in [-0.3, -0.25) is 9.58 Å². The predicted octanol–water partition coefficient (Wildman–Crippen LogP) is 0.760. The van der Waals surface area contributed by atoms with E-state index in [1.807, 2.05) is 0 Å². The molecule has 2 heterocycles. The molecule has 19 heavy (non-hydrogen) atoms. The summed E-state index contributed by atoms with van der Waals surface area (Å²) in [5, 5.41) is 4.26. The Hall–Kier alpha value is -0.630. The van der Waals surface area contributed by atoms with Crippen molar-refractivity contribution in [1.82, 2.24) is 14.7 Å². The highest BCUT2D eigenvalue weighted by Gasteiger charge is 2.22. The molecule has 1 fully saturated rings. The van der Waals surface area contributed by atoms with E-state index in [2.05, 4.69) is 10.00 Å². The molecule has 2 rings (SSSR count). The van der Waals surface area contributed by atoms with Crippen LogP contribution in [0, 0.1) is 13.8 Å². The first-order chi connectivity index (χ1) is 8.89. The van der Waals surface area contributed by atoms with Crippen molar-refractivity contribution in [3.05, 3.63) is 11.4 Å². The van der Waals surface area contributed by atoms with Gasteiger partial charge in [0, 0.05) is 30.3 Å². The second-order valence-corrected chi connectivity index (χ2v) is 7.12. The van der Waals surface area contributed by atoms with Crippen LogP contribution < -0.4 is 0 Å². The van der Waals surface area contributed by atoms with Gasteiger partial charge in [-0.15, -0.1) is 0 Å². The van der Waals surface area contributed by atoms with Gasteiger partial charge < -0.3 is 4.74 Å². The average molecular weight is 308 g/mol. The summed E-state index contributed by atoms with van der Waals surface area (Å²) < 4.78 is 29.9. The number of aryl methyl sites for hydroxylation is 1. The molecule has 0 atom stereocenters. The number of ether oxygens (including phenoxy) is 1. The van der Waals surface area contributed by atoms with Gasteiger partial charge in [0.15, 0.2) is 0 Å². The molecule has 0 amide bonds. The average Bonchev–Trinajstić information content (AvgIpc) is 2.62. The molecule has 108 valence electrons. The Labute approximate surface area is 117 Å². The summed E-state index contributed by atoms with van der Waals surface area (Å²) >= 11 is 0. The predicted molar refractivity (Wildman–Crippen MR) is 72.0 cm³/mol. The Morgan fingerprint density at radius 1 is 1.26 bits per heavy atom. The molecular formula is C11H18ClN3O3S. The van der Waals surface area contributed by atoms with Crippen LogP contribution in [0.25, 0.3) is 0 Å². The molecule has 1 aromatic rings. The van der Waals surface area contributed by atoms with Gasteiger partial charge in [0.1, 0.15) is 4.90 Å². The minimum absolute atomic E-state index is 0.135. The van der Waals surface area contributed by atoms with E-state index in [1.165, 1.54) is 0 Å². The molecule has 0 aliphatic carbocycles. The van der Waals surface area contributed by atoms with Gasteiger partial charge in [-0.25, -0.2) is 8.42 Å². The third-order valence-electron chi connectivity index (χ3n) is 3.29. The third-order valence-corrected chi connectivity index (χ3v) is 4.83. The molecule has 6 nitrogen and oxygen atoms in total. The first-order valence-electron chi connectivity index (χ1n) is 6.18. The number of hydrogen-bond acceptors (Lipinski definition) is 5. The zero-order chi connectivity index (χ0) is 14.0. The normalized spacial score (nSPS) is 17.8. The summed E-state index contributed by atoms with van der Waals surface area (Å²) in [5.74, 6) is 0. The highest BCUT2D eigenvalue weighted by molar-refractivity contribution is 8.13. The van der Waals surface area contributed by atoms with Gasteiger partial charge in [0.25, 0.3) is 9.05 Å². The summed E-state index contributed by atoms with van der Waals surface area (Å²) in [6.07, 6.45) is 0. The third kappa shape index (κ3) is 3.47. The van der Waals surface area contributed by atoms with Crippen LogP contribution in [0.3, 0.4) is 0 Å². The van der Waals surface area contributed by atoms with Crippen LogP contribution in [0.5, 0.6) is 0 Å². The Balaban J connectivity index is 2.09. The van der Waals surface area contributed by atoms with Gasteiger partial charge in [0.2, 0.25) is 0 Å². The molecule has 0 unspecified atom stereocenters. The monoisotopic (exact) mass is 307 g/mol. The van der Waals surface area contributed by atoms with E-state index in [0.29, 0.717) is 17.9 Å². The van der Waals surface area contributed by atoms with Crippen molar-refractivity contribution in [3.63, 3.8) is 0 Å². The minimum atomic E-state index is -3.73. The maximum atomic E-state index is 11.5. The lowest BCUT2D eigenvalue weighted by Gasteiger charge is -2.26. The Kier molecular flexibility index (Phi) is 4.50. The Morgan fingerprint density at radius 3 is 2.42 bits per heavy atom. The van der Waals surface area contributed by atoms with Gasteiger partial charge in [-0.2, -0.15) is 5.10 Å². The fourth-order valence-corrected chi connectivity index (χ4v) is 3.83. The van der Waals surface area contributed by atoms with Crippen LogP contribution in [0.2, 0.25) is 0 Å². The largest absolute Gasteiger partial charge is 0.379 e. The van der Waals surface area contributed by atoms with Crippen molar-refractivity contribution in [3.8, 4) is 0 Å². The van der Waals surface area contributed by atoms with E-state index in [9.17, 15) is 8.42 Å². The first-order valence-corrected chi connectivity index (χ1v) is 8.49. The van der Waals surface area contributed by atoms with Crippen LogP contribution in [0.1, 0.15) is 11.4 Å².